The monoisotopic (exact) mass is 289 g/mol. The van der Waals surface area contributed by atoms with Crippen LogP contribution in [-0.4, -0.2) is 18.1 Å². The van der Waals surface area contributed by atoms with Gasteiger partial charge in [-0.3, -0.25) is 0 Å². The number of benzene rings is 2. The van der Waals surface area contributed by atoms with Crippen molar-refractivity contribution in [1.82, 2.24) is 4.98 Å². The number of carbonyl (C=O) groups is 1. The molecule has 0 atom stereocenters. The number of fused-ring (bicyclic) bond motifs is 1. The summed E-state index contributed by atoms with van der Waals surface area (Å²) >= 11 is 0. The molecule has 3 aromatic rings. The maximum Gasteiger partial charge on any atom is 0.337 e. The Morgan fingerprint density at radius 3 is 2.59 bits per heavy atom. The first kappa shape index (κ1) is 14.0. The fourth-order valence-corrected chi connectivity index (χ4v) is 2.22. The van der Waals surface area contributed by atoms with Crippen LogP contribution in [0.15, 0.2) is 60.7 Å². The zero-order chi connectivity index (χ0) is 15.4. The molecular formula is C19H15NO2. The Hall–Kier alpha value is -2.94. The second kappa shape index (κ2) is 6.22. The smallest absolute Gasteiger partial charge is 0.337 e. The number of aromatic nitrogens is 1. The molecule has 1 heterocycles. The average Bonchev–Trinajstić information content (AvgIpc) is 2.59. The van der Waals surface area contributed by atoms with Gasteiger partial charge in [0, 0.05) is 5.39 Å². The van der Waals surface area contributed by atoms with Crippen LogP contribution in [0, 0.1) is 0 Å². The number of methoxy groups -OCH3 is 1. The van der Waals surface area contributed by atoms with Crippen molar-refractivity contribution in [3.63, 3.8) is 0 Å². The molecule has 3 nitrogen and oxygen atoms in total. The topological polar surface area (TPSA) is 39.2 Å². The van der Waals surface area contributed by atoms with Gasteiger partial charge in [0.15, 0.2) is 0 Å². The van der Waals surface area contributed by atoms with Crippen LogP contribution in [0.25, 0.3) is 23.1 Å². The predicted octanol–water partition coefficient (Wildman–Crippen LogP) is 4.19. The van der Waals surface area contributed by atoms with Gasteiger partial charge in [-0.05, 0) is 35.9 Å². The molecule has 2 aromatic carbocycles. The van der Waals surface area contributed by atoms with Crippen molar-refractivity contribution in [1.29, 1.82) is 0 Å². The van der Waals surface area contributed by atoms with Crippen molar-refractivity contribution in [3.8, 4) is 0 Å². The molecular weight excluding hydrogens is 274 g/mol. The fourth-order valence-electron chi connectivity index (χ4n) is 2.22. The number of hydrogen-bond donors (Lipinski definition) is 0. The van der Waals surface area contributed by atoms with E-state index in [1.165, 1.54) is 7.11 Å². The molecule has 0 aliphatic carbocycles. The number of ether oxygens (including phenoxy) is 1. The normalized spacial score (nSPS) is 11.0. The van der Waals surface area contributed by atoms with E-state index in [-0.39, 0.29) is 5.97 Å². The minimum Gasteiger partial charge on any atom is -0.465 e. The molecule has 108 valence electrons. The van der Waals surface area contributed by atoms with Gasteiger partial charge in [-0.25, -0.2) is 9.78 Å². The number of rotatable bonds is 3. The Morgan fingerprint density at radius 2 is 1.82 bits per heavy atom. The molecule has 0 aliphatic rings. The molecule has 0 N–H and O–H groups in total. The van der Waals surface area contributed by atoms with Crippen LogP contribution >= 0.6 is 0 Å². The number of esters is 1. The van der Waals surface area contributed by atoms with Gasteiger partial charge < -0.3 is 4.74 Å². The molecule has 3 heteroatoms. The highest BCUT2D eigenvalue weighted by Gasteiger charge is 2.06. The zero-order valence-corrected chi connectivity index (χ0v) is 12.2. The summed E-state index contributed by atoms with van der Waals surface area (Å²) in [7, 11) is 1.38. The lowest BCUT2D eigenvalue weighted by Crippen LogP contribution is -2.00. The summed E-state index contributed by atoms with van der Waals surface area (Å²) in [5, 5.41) is 0.916. The predicted molar refractivity (Wildman–Crippen MR) is 88.5 cm³/mol. The third kappa shape index (κ3) is 3.04. The molecule has 0 saturated heterocycles. The molecule has 1 aromatic heterocycles. The van der Waals surface area contributed by atoms with Crippen LogP contribution in [0.2, 0.25) is 0 Å². The highest BCUT2D eigenvalue weighted by Crippen LogP contribution is 2.17. The Labute approximate surface area is 128 Å². The molecule has 0 fully saturated rings. The maximum atomic E-state index is 11.5. The first-order valence-electron chi connectivity index (χ1n) is 6.98. The lowest BCUT2D eigenvalue weighted by atomic mass is 10.1. The average molecular weight is 289 g/mol. The summed E-state index contributed by atoms with van der Waals surface area (Å²) in [5.74, 6) is -0.338. The Balaban J connectivity index is 1.90. The van der Waals surface area contributed by atoms with Crippen molar-refractivity contribution in [2.75, 3.05) is 7.11 Å². The van der Waals surface area contributed by atoms with E-state index < -0.39 is 0 Å². The second-order valence-corrected chi connectivity index (χ2v) is 4.88. The molecule has 0 radical (unpaired) electrons. The van der Waals surface area contributed by atoms with E-state index in [2.05, 4.69) is 4.98 Å². The van der Waals surface area contributed by atoms with Crippen LogP contribution in [0.3, 0.4) is 0 Å². The molecule has 3 rings (SSSR count). The van der Waals surface area contributed by atoms with Gasteiger partial charge in [0.05, 0.1) is 23.9 Å². The van der Waals surface area contributed by atoms with Crippen molar-refractivity contribution >= 4 is 29.0 Å². The summed E-state index contributed by atoms with van der Waals surface area (Å²) in [6.07, 6.45) is 4.00. The Bertz CT molecular complexity index is 838. The number of pyridine rings is 1. The van der Waals surface area contributed by atoms with Crippen molar-refractivity contribution in [2.24, 2.45) is 0 Å². The van der Waals surface area contributed by atoms with E-state index in [1.807, 2.05) is 60.7 Å². The van der Waals surface area contributed by atoms with Gasteiger partial charge in [-0.2, -0.15) is 0 Å². The van der Waals surface area contributed by atoms with Gasteiger partial charge >= 0.3 is 5.97 Å². The molecule has 0 amide bonds. The zero-order valence-electron chi connectivity index (χ0n) is 12.2. The summed E-state index contributed by atoms with van der Waals surface area (Å²) in [6, 6.07) is 19.3. The number of nitrogens with zero attached hydrogens (tertiary/aromatic N) is 1. The fraction of sp³-hybridized carbons (Fsp3) is 0.0526. The molecule has 0 saturated carbocycles. The summed E-state index contributed by atoms with van der Waals surface area (Å²) in [4.78, 5) is 16.1. The second-order valence-electron chi connectivity index (χ2n) is 4.88. The molecule has 0 aliphatic heterocycles. The first-order valence-corrected chi connectivity index (χ1v) is 6.98. The lowest BCUT2D eigenvalue weighted by Gasteiger charge is -2.02. The van der Waals surface area contributed by atoms with E-state index in [4.69, 9.17) is 4.74 Å². The van der Waals surface area contributed by atoms with Crippen LogP contribution in [0.5, 0.6) is 0 Å². The van der Waals surface area contributed by atoms with Gasteiger partial charge in [0.25, 0.3) is 0 Å². The van der Waals surface area contributed by atoms with E-state index in [1.54, 1.807) is 12.1 Å². The number of hydrogen-bond acceptors (Lipinski definition) is 3. The van der Waals surface area contributed by atoms with Crippen LogP contribution in [0.4, 0.5) is 0 Å². The highest BCUT2D eigenvalue weighted by atomic mass is 16.5. The number of carbonyl (C=O) groups excluding carboxylic acids is 1. The van der Waals surface area contributed by atoms with Gasteiger partial charge in [0.2, 0.25) is 0 Å². The van der Waals surface area contributed by atoms with Crippen molar-refractivity contribution < 1.29 is 9.53 Å². The SMILES string of the molecule is COC(=O)c1ccc2nc(/C=C/c3ccccc3)ccc2c1. The molecule has 0 unspecified atom stereocenters. The third-order valence-corrected chi connectivity index (χ3v) is 3.38. The van der Waals surface area contributed by atoms with Gasteiger partial charge in [-0.1, -0.05) is 42.5 Å². The van der Waals surface area contributed by atoms with E-state index in [0.29, 0.717) is 5.56 Å². The van der Waals surface area contributed by atoms with Crippen LogP contribution in [-0.2, 0) is 4.74 Å². The Kier molecular flexibility index (Phi) is 3.97. The lowest BCUT2D eigenvalue weighted by molar-refractivity contribution is 0.0601. The van der Waals surface area contributed by atoms with Crippen molar-refractivity contribution in [3.05, 3.63) is 77.5 Å². The van der Waals surface area contributed by atoms with E-state index in [9.17, 15) is 4.79 Å². The quantitative estimate of drug-likeness (QED) is 0.679. The summed E-state index contributed by atoms with van der Waals surface area (Å²) < 4.78 is 4.73. The van der Waals surface area contributed by atoms with E-state index >= 15 is 0 Å². The largest absolute Gasteiger partial charge is 0.465 e. The summed E-state index contributed by atoms with van der Waals surface area (Å²) in [5.41, 5.74) is 3.39. The Morgan fingerprint density at radius 1 is 1.00 bits per heavy atom. The maximum absolute atomic E-state index is 11.5. The molecule has 0 bridgehead atoms. The minimum atomic E-state index is -0.338. The molecule has 22 heavy (non-hydrogen) atoms. The molecule has 0 spiro atoms. The first-order chi connectivity index (χ1) is 10.8. The van der Waals surface area contributed by atoms with Gasteiger partial charge in [0.1, 0.15) is 0 Å². The van der Waals surface area contributed by atoms with Gasteiger partial charge in [-0.15, -0.1) is 0 Å². The summed E-state index contributed by atoms with van der Waals surface area (Å²) in [6.45, 7) is 0. The standard InChI is InChI=1S/C19H15NO2/c1-22-19(21)16-9-12-18-15(13-16)8-11-17(20-18)10-7-14-5-3-2-4-6-14/h2-13H,1H3/b10-7+. The third-order valence-electron chi connectivity index (χ3n) is 3.38. The van der Waals surface area contributed by atoms with Crippen molar-refractivity contribution in [2.45, 2.75) is 0 Å². The highest BCUT2D eigenvalue weighted by molar-refractivity contribution is 5.94. The van der Waals surface area contributed by atoms with Crippen LogP contribution in [0.1, 0.15) is 21.6 Å². The van der Waals surface area contributed by atoms with Crippen LogP contribution < -0.4 is 0 Å². The van der Waals surface area contributed by atoms with E-state index in [0.717, 1.165) is 22.2 Å². The minimum absolute atomic E-state index is 0.338.